The Morgan fingerprint density at radius 1 is 1.02 bits per heavy atom. The fourth-order valence-corrected chi connectivity index (χ4v) is 5.88. The Balaban J connectivity index is 1.28. The number of halogens is 1. The largest absolute Gasteiger partial charge is 0.494 e. The number of thiazole rings is 1. The van der Waals surface area contributed by atoms with Crippen LogP contribution in [-0.2, 0) is 4.79 Å². The van der Waals surface area contributed by atoms with Crippen LogP contribution in [0.5, 0.6) is 23.0 Å². The summed E-state index contributed by atoms with van der Waals surface area (Å²) in [6, 6.07) is 12.7. The number of aryl methyl sites for hydroxylation is 1. The van der Waals surface area contributed by atoms with Crippen molar-refractivity contribution < 1.29 is 23.4 Å². The molecule has 2 aromatic heterocycles. The first kappa shape index (κ1) is 29.3. The summed E-state index contributed by atoms with van der Waals surface area (Å²) in [7, 11) is 4.96. The molecular weight excluding hydrogens is 583 g/mol. The molecular formula is C32H31FN6O4S. The predicted octanol–water partition coefficient (Wildman–Crippen LogP) is 6.99. The number of aromatic nitrogens is 3. The molecule has 1 fully saturated rings. The van der Waals surface area contributed by atoms with Crippen LogP contribution in [0.1, 0.15) is 18.4 Å². The summed E-state index contributed by atoms with van der Waals surface area (Å²) in [4.78, 5) is 28.0. The second-order valence-corrected chi connectivity index (χ2v) is 11.4. The van der Waals surface area contributed by atoms with Gasteiger partial charge < -0.3 is 24.8 Å². The number of amides is 1. The van der Waals surface area contributed by atoms with E-state index in [-0.39, 0.29) is 11.7 Å². The SMILES string of the molecule is COc1cc2ncnc(Nc3cc(C)c(Oc4ccc5scnc5c4)cc3OC)c2cc1NC(=O)/C(F)=C/C1CCCN1C. The van der Waals surface area contributed by atoms with Crippen LogP contribution < -0.4 is 24.8 Å². The third-order valence-electron chi connectivity index (χ3n) is 7.62. The van der Waals surface area contributed by atoms with Gasteiger partial charge in [-0.3, -0.25) is 9.69 Å². The number of anilines is 3. The summed E-state index contributed by atoms with van der Waals surface area (Å²) in [5.74, 6) is 0.922. The van der Waals surface area contributed by atoms with E-state index in [1.165, 1.54) is 19.5 Å². The van der Waals surface area contributed by atoms with Gasteiger partial charge in [0.2, 0.25) is 0 Å². The topological polar surface area (TPSA) is 111 Å². The average molecular weight is 615 g/mol. The van der Waals surface area contributed by atoms with Crippen molar-refractivity contribution in [1.82, 2.24) is 19.9 Å². The highest BCUT2D eigenvalue weighted by atomic mass is 32.1. The minimum Gasteiger partial charge on any atom is -0.494 e. The summed E-state index contributed by atoms with van der Waals surface area (Å²) < 4.78 is 33.4. The molecule has 1 amide bonds. The van der Waals surface area contributed by atoms with Gasteiger partial charge in [-0.05, 0) is 69.3 Å². The second-order valence-electron chi connectivity index (χ2n) is 10.5. The lowest BCUT2D eigenvalue weighted by Crippen LogP contribution is -2.24. The number of hydrogen-bond acceptors (Lipinski definition) is 10. The highest BCUT2D eigenvalue weighted by Gasteiger charge is 2.22. The number of fused-ring (bicyclic) bond motifs is 2. The van der Waals surface area contributed by atoms with E-state index in [2.05, 4.69) is 25.6 Å². The zero-order chi connectivity index (χ0) is 30.8. The molecule has 1 aliphatic rings. The molecule has 5 aromatic rings. The number of likely N-dealkylation sites (N-methyl/N-ethyl adjacent to an activating group) is 1. The standard InChI is InChI=1S/C32H31FN6O4S/c1-18-10-24(29(42-4)15-27(18)43-20-7-8-30-26(12-20)36-17-44-30)37-31-21-13-25(28(41-3)14-23(21)34-16-35-31)38-32(40)22(33)11-19-6-5-9-39(19)2/h7-8,10-17,19H,5-6,9H2,1-4H3,(H,38,40)(H,34,35,37)/b22-11-. The van der Waals surface area contributed by atoms with E-state index in [4.69, 9.17) is 14.2 Å². The summed E-state index contributed by atoms with van der Waals surface area (Å²) in [5, 5.41) is 6.56. The maximum Gasteiger partial charge on any atom is 0.284 e. The van der Waals surface area contributed by atoms with E-state index >= 15 is 0 Å². The van der Waals surface area contributed by atoms with E-state index < -0.39 is 11.7 Å². The summed E-state index contributed by atoms with van der Waals surface area (Å²) >= 11 is 1.57. The normalized spacial score (nSPS) is 15.5. The van der Waals surface area contributed by atoms with Crippen molar-refractivity contribution in [1.29, 1.82) is 0 Å². The first-order valence-corrected chi connectivity index (χ1v) is 14.9. The minimum atomic E-state index is -0.851. The van der Waals surface area contributed by atoms with Gasteiger partial charge >= 0.3 is 0 Å². The fraction of sp³-hybridized carbons (Fsp3) is 0.250. The molecule has 1 atom stereocenters. The number of rotatable bonds is 9. The molecule has 1 aliphatic heterocycles. The molecule has 0 radical (unpaired) electrons. The van der Waals surface area contributed by atoms with E-state index in [0.717, 1.165) is 35.2 Å². The van der Waals surface area contributed by atoms with E-state index in [1.807, 2.05) is 43.1 Å². The Morgan fingerprint density at radius 2 is 1.84 bits per heavy atom. The molecule has 10 nitrogen and oxygen atoms in total. The van der Waals surface area contributed by atoms with Crippen LogP contribution in [-0.4, -0.2) is 59.6 Å². The zero-order valence-corrected chi connectivity index (χ0v) is 25.5. The molecule has 226 valence electrons. The van der Waals surface area contributed by atoms with Gasteiger partial charge in [0.05, 0.1) is 46.8 Å². The molecule has 0 aliphatic carbocycles. The van der Waals surface area contributed by atoms with Gasteiger partial charge in [0, 0.05) is 29.6 Å². The number of carbonyl (C=O) groups excluding carboxylic acids is 1. The van der Waals surface area contributed by atoms with Gasteiger partial charge in [-0.2, -0.15) is 0 Å². The van der Waals surface area contributed by atoms with Crippen molar-refractivity contribution >= 4 is 55.6 Å². The van der Waals surface area contributed by atoms with Crippen LogP contribution >= 0.6 is 11.3 Å². The van der Waals surface area contributed by atoms with Gasteiger partial charge in [-0.25, -0.2) is 19.3 Å². The number of benzene rings is 3. The Labute approximate surface area is 257 Å². The van der Waals surface area contributed by atoms with Crippen molar-refractivity contribution in [3.63, 3.8) is 0 Å². The lowest BCUT2D eigenvalue weighted by molar-refractivity contribution is -0.114. The van der Waals surface area contributed by atoms with Crippen LogP contribution in [0.15, 0.2) is 66.2 Å². The molecule has 6 rings (SSSR count). The number of carbonyl (C=O) groups is 1. The molecule has 0 saturated carbocycles. The summed E-state index contributed by atoms with van der Waals surface area (Å²) in [5.41, 5.74) is 5.03. The molecule has 3 heterocycles. The van der Waals surface area contributed by atoms with Crippen LogP contribution in [0.4, 0.5) is 21.6 Å². The zero-order valence-electron chi connectivity index (χ0n) is 24.7. The van der Waals surface area contributed by atoms with E-state index in [0.29, 0.717) is 45.4 Å². The predicted molar refractivity (Wildman–Crippen MR) is 170 cm³/mol. The Bertz CT molecular complexity index is 1890. The maximum atomic E-state index is 14.9. The molecule has 2 N–H and O–H groups in total. The van der Waals surface area contributed by atoms with Crippen LogP contribution in [0.25, 0.3) is 21.1 Å². The highest BCUT2D eigenvalue weighted by molar-refractivity contribution is 7.16. The fourth-order valence-electron chi connectivity index (χ4n) is 5.22. The monoisotopic (exact) mass is 614 g/mol. The van der Waals surface area contributed by atoms with Crippen LogP contribution in [0.3, 0.4) is 0 Å². The molecule has 0 bridgehead atoms. The molecule has 44 heavy (non-hydrogen) atoms. The van der Waals surface area contributed by atoms with Crippen molar-refractivity contribution in [2.45, 2.75) is 25.8 Å². The Hall–Kier alpha value is -4.81. The average Bonchev–Trinajstić information content (AvgIpc) is 3.66. The summed E-state index contributed by atoms with van der Waals surface area (Å²) in [6.45, 7) is 2.80. The number of nitrogens with one attached hydrogen (secondary N) is 2. The maximum absolute atomic E-state index is 14.9. The second kappa shape index (κ2) is 12.4. The van der Waals surface area contributed by atoms with Crippen molar-refractivity contribution in [3.05, 3.63) is 71.8 Å². The Morgan fingerprint density at radius 3 is 2.61 bits per heavy atom. The number of likely N-dealkylation sites (tertiary alicyclic amines) is 1. The van der Waals surface area contributed by atoms with Crippen molar-refractivity contribution in [3.8, 4) is 23.0 Å². The number of nitrogens with zero attached hydrogens (tertiary/aromatic N) is 4. The van der Waals surface area contributed by atoms with Gasteiger partial charge in [0.25, 0.3) is 5.91 Å². The minimum absolute atomic E-state index is 0.111. The van der Waals surface area contributed by atoms with Gasteiger partial charge in [-0.15, -0.1) is 11.3 Å². The number of methoxy groups -OCH3 is 2. The van der Waals surface area contributed by atoms with Crippen molar-refractivity contribution in [2.75, 3.05) is 38.4 Å². The van der Waals surface area contributed by atoms with E-state index in [9.17, 15) is 9.18 Å². The molecule has 12 heteroatoms. The third kappa shape index (κ3) is 5.99. The third-order valence-corrected chi connectivity index (χ3v) is 8.43. The van der Waals surface area contributed by atoms with Gasteiger partial charge in [0.15, 0.2) is 5.83 Å². The Kier molecular flexibility index (Phi) is 8.27. The smallest absolute Gasteiger partial charge is 0.284 e. The number of hydrogen-bond donors (Lipinski definition) is 2. The molecule has 1 saturated heterocycles. The first-order valence-electron chi connectivity index (χ1n) is 14.0. The summed E-state index contributed by atoms with van der Waals surface area (Å²) in [6.07, 6.45) is 4.56. The quantitative estimate of drug-likeness (QED) is 0.170. The van der Waals surface area contributed by atoms with Crippen LogP contribution in [0.2, 0.25) is 0 Å². The highest BCUT2D eigenvalue weighted by Crippen LogP contribution is 2.39. The van der Waals surface area contributed by atoms with E-state index in [1.54, 1.807) is 42.2 Å². The lowest BCUT2D eigenvalue weighted by Gasteiger charge is -2.17. The van der Waals surface area contributed by atoms with Crippen LogP contribution in [0, 0.1) is 6.92 Å². The van der Waals surface area contributed by atoms with Gasteiger partial charge in [0.1, 0.15) is 35.1 Å². The molecule has 1 unspecified atom stereocenters. The van der Waals surface area contributed by atoms with Crippen molar-refractivity contribution in [2.24, 2.45) is 0 Å². The number of ether oxygens (including phenoxy) is 3. The molecule has 0 spiro atoms. The molecule has 3 aromatic carbocycles. The first-order chi connectivity index (χ1) is 21.3. The lowest BCUT2D eigenvalue weighted by atomic mass is 10.1. The van der Waals surface area contributed by atoms with Gasteiger partial charge in [-0.1, -0.05) is 0 Å².